The average Bonchev–Trinajstić information content (AvgIpc) is 2.21. The lowest BCUT2D eigenvalue weighted by molar-refractivity contribution is 0.114. The summed E-state index contributed by atoms with van der Waals surface area (Å²) in [7, 11) is 3.60. The lowest BCUT2D eigenvalue weighted by Gasteiger charge is -2.27. The highest BCUT2D eigenvalue weighted by molar-refractivity contribution is 4.72. The van der Waals surface area contributed by atoms with Gasteiger partial charge in [0.25, 0.3) is 0 Å². The summed E-state index contributed by atoms with van der Waals surface area (Å²) in [4.78, 5) is 0. The maximum Gasteiger partial charge on any atom is 0.0490 e. The Balaban J connectivity index is 2.03. The summed E-state index contributed by atoms with van der Waals surface area (Å²) in [5, 5.41) is 0. The SMILES string of the molecule is COCCCC1CCC(COC)CC1. The summed E-state index contributed by atoms with van der Waals surface area (Å²) < 4.78 is 10.3. The molecule has 2 nitrogen and oxygen atoms in total. The molecule has 0 aromatic rings. The van der Waals surface area contributed by atoms with Gasteiger partial charge in [-0.15, -0.1) is 0 Å². The van der Waals surface area contributed by atoms with Crippen LogP contribution in [0.3, 0.4) is 0 Å². The van der Waals surface area contributed by atoms with Gasteiger partial charge in [-0.3, -0.25) is 0 Å². The van der Waals surface area contributed by atoms with Crippen molar-refractivity contribution in [2.75, 3.05) is 27.4 Å². The molecule has 0 N–H and O–H groups in total. The maximum atomic E-state index is 5.20. The standard InChI is InChI=1S/C12H24O2/c1-13-9-3-4-11-5-7-12(8-6-11)10-14-2/h11-12H,3-10H2,1-2H3. The van der Waals surface area contributed by atoms with Crippen molar-refractivity contribution in [2.45, 2.75) is 38.5 Å². The van der Waals surface area contributed by atoms with Crippen molar-refractivity contribution < 1.29 is 9.47 Å². The summed E-state index contributed by atoms with van der Waals surface area (Å²) in [6.45, 7) is 1.89. The van der Waals surface area contributed by atoms with E-state index in [4.69, 9.17) is 9.47 Å². The fraction of sp³-hybridized carbons (Fsp3) is 1.00. The first kappa shape index (κ1) is 12.0. The molecule has 0 amide bonds. The van der Waals surface area contributed by atoms with E-state index in [1.54, 1.807) is 7.11 Å². The first-order chi connectivity index (χ1) is 6.86. The Labute approximate surface area is 88.0 Å². The predicted molar refractivity (Wildman–Crippen MR) is 58.4 cm³/mol. The lowest BCUT2D eigenvalue weighted by atomic mass is 9.80. The van der Waals surface area contributed by atoms with Crippen molar-refractivity contribution in [3.63, 3.8) is 0 Å². The first-order valence-electron chi connectivity index (χ1n) is 5.84. The molecule has 0 atom stereocenters. The van der Waals surface area contributed by atoms with Crippen LogP contribution in [0.15, 0.2) is 0 Å². The molecule has 14 heavy (non-hydrogen) atoms. The minimum Gasteiger partial charge on any atom is -0.385 e. The maximum absolute atomic E-state index is 5.20. The Morgan fingerprint density at radius 2 is 1.57 bits per heavy atom. The van der Waals surface area contributed by atoms with E-state index in [0.717, 1.165) is 25.0 Å². The third kappa shape index (κ3) is 4.43. The van der Waals surface area contributed by atoms with Crippen LogP contribution in [0, 0.1) is 11.8 Å². The second-order valence-corrected chi connectivity index (χ2v) is 4.48. The van der Waals surface area contributed by atoms with Crippen molar-refractivity contribution >= 4 is 0 Å². The van der Waals surface area contributed by atoms with Crippen LogP contribution in [0.25, 0.3) is 0 Å². The van der Waals surface area contributed by atoms with Crippen LogP contribution < -0.4 is 0 Å². The van der Waals surface area contributed by atoms with Gasteiger partial charge in [0.05, 0.1) is 0 Å². The van der Waals surface area contributed by atoms with Crippen molar-refractivity contribution in [1.82, 2.24) is 0 Å². The van der Waals surface area contributed by atoms with Crippen molar-refractivity contribution in [2.24, 2.45) is 11.8 Å². The Morgan fingerprint density at radius 1 is 0.929 bits per heavy atom. The van der Waals surface area contributed by atoms with Crippen LogP contribution in [0.4, 0.5) is 0 Å². The average molecular weight is 200 g/mol. The van der Waals surface area contributed by atoms with Crippen molar-refractivity contribution in [3.8, 4) is 0 Å². The van der Waals surface area contributed by atoms with Crippen LogP contribution in [0.2, 0.25) is 0 Å². The second-order valence-electron chi connectivity index (χ2n) is 4.48. The third-order valence-corrected chi connectivity index (χ3v) is 3.33. The smallest absolute Gasteiger partial charge is 0.0490 e. The van der Waals surface area contributed by atoms with Gasteiger partial charge in [0.2, 0.25) is 0 Å². The van der Waals surface area contributed by atoms with Gasteiger partial charge in [0.1, 0.15) is 0 Å². The van der Waals surface area contributed by atoms with Gasteiger partial charge in [-0.1, -0.05) is 12.8 Å². The van der Waals surface area contributed by atoms with Crippen LogP contribution in [-0.4, -0.2) is 27.4 Å². The zero-order valence-electron chi connectivity index (χ0n) is 9.63. The zero-order valence-corrected chi connectivity index (χ0v) is 9.63. The van der Waals surface area contributed by atoms with Gasteiger partial charge in [0, 0.05) is 27.4 Å². The van der Waals surface area contributed by atoms with Crippen molar-refractivity contribution in [3.05, 3.63) is 0 Å². The quantitative estimate of drug-likeness (QED) is 0.614. The molecule has 1 aliphatic carbocycles. The van der Waals surface area contributed by atoms with Gasteiger partial charge in [0.15, 0.2) is 0 Å². The molecule has 84 valence electrons. The normalized spacial score (nSPS) is 27.9. The third-order valence-electron chi connectivity index (χ3n) is 3.33. The first-order valence-corrected chi connectivity index (χ1v) is 5.84. The van der Waals surface area contributed by atoms with E-state index in [0.29, 0.717) is 0 Å². The Hall–Kier alpha value is -0.0800. The minimum absolute atomic E-state index is 0.832. The molecule has 0 heterocycles. The lowest BCUT2D eigenvalue weighted by Crippen LogP contribution is -2.18. The molecule has 0 aliphatic heterocycles. The minimum atomic E-state index is 0.832. The van der Waals surface area contributed by atoms with E-state index in [1.807, 2.05) is 7.11 Å². The fourth-order valence-electron chi connectivity index (χ4n) is 2.44. The molecular formula is C12H24O2. The van der Waals surface area contributed by atoms with Crippen molar-refractivity contribution in [1.29, 1.82) is 0 Å². The molecule has 0 radical (unpaired) electrons. The molecule has 0 bridgehead atoms. The van der Waals surface area contributed by atoms with E-state index >= 15 is 0 Å². The van der Waals surface area contributed by atoms with E-state index in [9.17, 15) is 0 Å². The van der Waals surface area contributed by atoms with Crippen LogP contribution in [0.5, 0.6) is 0 Å². The molecule has 0 spiro atoms. The van der Waals surface area contributed by atoms with Gasteiger partial charge in [-0.05, 0) is 37.5 Å². The Morgan fingerprint density at radius 3 is 2.14 bits per heavy atom. The molecule has 0 aromatic carbocycles. The zero-order chi connectivity index (χ0) is 10.2. The van der Waals surface area contributed by atoms with Gasteiger partial charge >= 0.3 is 0 Å². The largest absolute Gasteiger partial charge is 0.385 e. The van der Waals surface area contributed by atoms with E-state index < -0.39 is 0 Å². The van der Waals surface area contributed by atoms with Crippen LogP contribution in [-0.2, 0) is 9.47 Å². The molecule has 0 saturated heterocycles. The second kappa shape index (κ2) is 7.24. The predicted octanol–water partition coefficient (Wildman–Crippen LogP) is 2.87. The fourth-order valence-corrected chi connectivity index (χ4v) is 2.44. The van der Waals surface area contributed by atoms with Gasteiger partial charge < -0.3 is 9.47 Å². The van der Waals surface area contributed by atoms with E-state index in [1.165, 1.54) is 38.5 Å². The monoisotopic (exact) mass is 200 g/mol. The summed E-state index contributed by atoms with van der Waals surface area (Å²) in [6, 6.07) is 0. The summed E-state index contributed by atoms with van der Waals surface area (Å²) in [5.74, 6) is 1.79. The molecule has 1 aliphatic rings. The number of hydrogen-bond donors (Lipinski definition) is 0. The number of rotatable bonds is 6. The molecule has 1 fully saturated rings. The van der Waals surface area contributed by atoms with Crippen LogP contribution >= 0.6 is 0 Å². The Bertz CT molecular complexity index is 128. The highest BCUT2D eigenvalue weighted by Crippen LogP contribution is 2.31. The molecular weight excluding hydrogens is 176 g/mol. The van der Waals surface area contributed by atoms with Gasteiger partial charge in [-0.25, -0.2) is 0 Å². The highest BCUT2D eigenvalue weighted by Gasteiger charge is 2.20. The van der Waals surface area contributed by atoms with Crippen LogP contribution in [0.1, 0.15) is 38.5 Å². The van der Waals surface area contributed by atoms with E-state index in [-0.39, 0.29) is 0 Å². The molecule has 0 unspecified atom stereocenters. The molecule has 1 rings (SSSR count). The van der Waals surface area contributed by atoms with E-state index in [2.05, 4.69) is 0 Å². The molecule has 0 aromatic heterocycles. The summed E-state index contributed by atoms with van der Waals surface area (Å²) >= 11 is 0. The number of methoxy groups -OCH3 is 2. The molecule has 2 heteroatoms. The highest BCUT2D eigenvalue weighted by atomic mass is 16.5. The summed E-state index contributed by atoms with van der Waals surface area (Å²) in [6.07, 6.45) is 8.12. The number of hydrogen-bond acceptors (Lipinski definition) is 2. The number of ether oxygens (including phenoxy) is 2. The Kier molecular flexibility index (Phi) is 6.20. The molecule has 1 saturated carbocycles. The summed E-state index contributed by atoms with van der Waals surface area (Å²) in [5.41, 5.74) is 0. The topological polar surface area (TPSA) is 18.5 Å². The van der Waals surface area contributed by atoms with Gasteiger partial charge in [-0.2, -0.15) is 0 Å².